The molecular formula is C22H17Cl2N5OS. The Bertz CT molecular complexity index is 1430. The molecule has 4 aromatic heterocycles. The highest BCUT2D eigenvalue weighted by atomic mass is 35.5. The summed E-state index contributed by atoms with van der Waals surface area (Å²) < 4.78 is 7.37. The van der Waals surface area contributed by atoms with Gasteiger partial charge >= 0.3 is 0 Å². The second kappa shape index (κ2) is 8.07. The number of nitrogens with zero attached hydrogens (tertiary/aromatic N) is 4. The number of benzene rings is 1. The minimum atomic E-state index is 0.420. The second-order valence-electron chi connectivity index (χ2n) is 6.89. The quantitative estimate of drug-likeness (QED) is 0.256. The number of imidazole rings is 2. The molecule has 0 aliphatic heterocycles. The van der Waals surface area contributed by atoms with Gasteiger partial charge in [-0.1, -0.05) is 23.2 Å². The predicted molar refractivity (Wildman–Crippen MR) is 126 cm³/mol. The van der Waals surface area contributed by atoms with E-state index in [1.807, 2.05) is 48.9 Å². The van der Waals surface area contributed by atoms with E-state index in [0.717, 1.165) is 38.8 Å². The van der Waals surface area contributed by atoms with Gasteiger partial charge in [-0.15, -0.1) is 11.8 Å². The molecule has 0 bridgehead atoms. The van der Waals surface area contributed by atoms with Gasteiger partial charge in [0.05, 0.1) is 29.8 Å². The number of hydrogen-bond acceptors (Lipinski definition) is 5. The van der Waals surface area contributed by atoms with E-state index in [0.29, 0.717) is 28.0 Å². The largest absolute Gasteiger partial charge is 0.497 e. The number of thioether (sulfide) groups is 1. The zero-order valence-electron chi connectivity index (χ0n) is 16.7. The van der Waals surface area contributed by atoms with E-state index >= 15 is 0 Å². The molecule has 6 nitrogen and oxygen atoms in total. The Hall–Kier alpha value is -2.74. The summed E-state index contributed by atoms with van der Waals surface area (Å²) in [7, 11) is 1.62. The molecule has 0 radical (unpaired) electrons. The fraction of sp³-hybridized carbons (Fsp3) is 0.136. The lowest BCUT2D eigenvalue weighted by atomic mass is 10.1. The summed E-state index contributed by atoms with van der Waals surface area (Å²) in [6, 6.07) is 13.3. The number of fused-ring (bicyclic) bond motifs is 2. The first-order valence-electron chi connectivity index (χ1n) is 9.46. The number of methoxy groups -OCH3 is 1. The predicted octanol–water partition coefficient (Wildman–Crippen LogP) is 5.90. The Labute approximate surface area is 192 Å². The van der Waals surface area contributed by atoms with Crippen LogP contribution in [0.5, 0.6) is 5.75 Å². The fourth-order valence-corrected chi connectivity index (χ4v) is 4.75. The molecule has 1 N–H and O–H groups in total. The Morgan fingerprint density at radius 3 is 2.71 bits per heavy atom. The van der Waals surface area contributed by atoms with E-state index in [1.54, 1.807) is 24.9 Å². The van der Waals surface area contributed by atoms with Crippen LogP contribution < -0.4 is 4.74 Å². The molecule has 0 aliphatic rings. The van der Waals surface area contributed by atoms with E-state index in [4.69, 9.17) is 32.9 Å². The van der Waals surface area contributed by atoms with Crippen LogP contribution in [0.2, 0.25) is 10.2 Å². The van der Waals surface area contributed by atoms with Gasteiger partial charge in [0.15, 0.2) is 5.65 Å². The molecule has 1 aromatic carbocycles. The van der Waals surface area contributed by atoms with Crippen molar-refractivity contribution in [3.8, 4) is 16.9 Å². The van der Waals surface area contributed by atoms with Crippen LogP contribution in [-0.4, -0.2) is 37.7 Å². The van der Waals surface area contributed by atoms with E-state index < -0.39 is 0 Å². The second-order valence-corrected chi connectivity index (χ2v) is 8.48. The van der Waals surface area contributed by atoms with Gasteiger partial charge in [-0.05, 0) is 48.7 Å². The van der Waals surface area contributed by atoms with Crippen molar-refractivity contribution in [2.24, 2.45) is 0 Å². The number of pyridine rings is 2. The number of halogens is 2. The van der Waals surface area contributed by atoms with Crippen LogP contribution in [0.4, 0.5) is 0 Å². The fourth-order valence-electron chi connectivity index (χ4n) is 3.64. The van der Waals surface area contributed by atoms with Gasteiger partial charge in [0.2, 0.25) is 0 Å². The van der Waals surface area contributed by atoms with Gasteiger partial charge < -0.3 is 9.72 Å². The number of rotatable bonds is 5. The van der Waals surface area contributed by atoms with Gasteiger partial charge in [0.1, 0.15) is 27.4 Å². The van der Waals surface area contributed by atoms with Crippen LogP contribution in [0.1, 0.15) is 11.5 Å². The van der Waals surface area contributed by atoms with Crippen LogP contribution in [-0.2, 0) is 6.42 Å². The summed E-state index contributed by atoms with van der Waals surface area (Å²) in [6.07, 6.45) is 4.60. The zero-order chi connectivity index (χ0) is 21.5. The molecule has 0 fully saturated rings. The van der Waals surface area contributed by atoms with Crippen LogP contribution in [0.15, 0.2) is 53.7 Å². The third-order valence-electron chi connectivity index (χ3n) is 5.03. The van der Waals surface area contributed by atoms with E-state index in [2.05, 4.69) is 19.4 Å². The number of H-pyrrole nitrogens is 1. The number of ether oxygens (including phenoxy) is 1. The molecule has 0 saturated carbocycles. The number of nitrogens with one attached hydrogen (secondary N) is 1. The van der Waals surface area contributed by atoms with Crippen molar-refractivity contribution in [1.29, 1.82) is 0 Å². The molecule has 0 spiro atoms. The molecular weight excluding hydrogens is 453 g/mol. The van der Waals surface area contributed by atoms with Gasteiger partial charge in [-0.25, -0.2) is 15.0 Å². The van der Waals surface area contributed by atoms with Crippen molar-refractivity contribution in [2.75, 3.05) is 13.4 Å². The zero-order valence-corrected chi connectivity index (χ0v) is 19.0. The lowest BCUT2D eigenvalue weighted by Gasteiger charge is -2.08. The number of aromatic amines is 1. The topological polar surface area (TPSA) is 68.1 Å². The maximum Gasteiger partial charge on any atom is 0.179 e. The number of aromatic nitrogens is 5. The first-order valence-corrected chi connectivity index (χ1v) is 11.4. The normalized spacial score (nSPS) is 11.5. The SMILES string of the molecule is COc1ccc(-c2cccn3c(SC)c(Cc4nc5nc(Cl)ccc5[nH]4)nc23)c(Cl)c1. The van der Waals surface area contributed by atoms with Gasteiger partial charge in [-0.2, -0.15) is 0 Å². The summed E-state index contributed by atoms with van der Waals surface area (Å²) >= 11 is 14.2. The number of hydrogen-bond donors (Lipinski definition) is 1. The van der Waals surface area contributed by atoms with E-state index in [1.165, 1.54) is 0 Å². The Balaban J connectivity index is 1.61. The third kappa shape index (κ3) is 3.63. The molecule has 156 valence electrons. The standard InChI is InChI=1S/C22H17Cl2N5OS/c1-30-12-5-6-13(15(23)10-12)14-4-3-9-29-21(14)26-17(22(29)31-2)11-19-25-16-7-8-18(24)27-20(16)28-19/h3-10H,11H2,1-2H3,(H,25,27,28). The summed E-state index contributed by atoms with van der Waals surface area (Å²) in [6.45, 7) is 0. The lowest BCUT2D eigenvalue weighted by molar-refractivity contribution is 0.415. The molecule has 4 heterocycles. The minimum Gasteiger partial charge on any atom is -0.497 e. The molecule has 9 heteroatoms. The van der Waals surface area contributed by atoms with Gasteiger partial charge in [-0.3, -0.25) is 4.40 Å². The van der Waals surface area contributed by atoms with Crippen LogP contribution in [0.25, 0.3) is 27.9 Å². The molecule has 31 heavy (non-hydrogen) atoms. The van der Waals surface area contributed by atoms with E-state index in [9.17, 15) is 0 Å². The minimum absolute atomic E-state index is 0.420. The maximum absolute atomic E-state index is 6.56. The van der Waals surface area contributed by atoms with Crippen molar-refractivity contribution in [3.05, 3.63) is 70.4 Å². The Morgan fingerprint density at radius 1 is 1.06 bits per heavy atom. The van der Waals surface area contributed by atoms with Crippen LogP contribution in [0.3, 0.4) is 0 Å². The molecule has 0 amide bonds. The highest BCUT2D eigenvalue weighted by molar-refractivity contribution is 7.98. The third-order valence-corrected chi connectivity index (χ3v) is 6.37. The van der Waals surface area contributed by atoms with E-state index in [-0.39, 0.29) is 0 Å². The highest BCUT2D eigenvalue weighted by Gasteiger charge is 2.18. The first kappa shape index (κ1) is 20.2. The monoisotopic (exact) mass is 469 g/mol. The molecule has 0 saturated heterocycles. The van der Waals surface area contributed by atoms with Crippen molar-refractivity contribution in [2.45, 2.75) is 11.4 Å². The smallest absolute Gasteiger partial charge is 0.179 e. The van der Waals surface area contributed by atoms with Crippen LogP contribution >= 0.6 is 35.0 Å². The highest BCUT2D eigenvalue weighted by Crippen LogP contribution is 2.35. The average Bonchev–Trinajstić information content (AvgIpc) is 3.33. The molecule has 0 atom stereocenters. The van der Waals surface area contributed by atoms with Crippen molar-refractivity contribution in [1.82, 2.24) is 24.3 Å². The summed E-state index contributed by atoms with van der Waals surface area (Å²) in [4.78, 5) is 17.1. The lowest BCUT2D eigenvalue weighted by Crippen LogP contribution is -1.93. The van der Waals surface area contributed by atoms with Crippen molar-refractivity contribution < 1.29 is 4.74 Å². The molecule has 5 rings (SSSR count). The van der Waals surface area contributed by atoms with Crippen LogP contribution in [0, 0.1) is 0 Å². The summed E-state index contributed by atoms with van der Waals surface area (Å²) in [5.74, 6) is 1.50. The summed E-state index contributed by atoms with van der Waals surface area (Å²) in [5, 5.41) is 2.08. The first-order chi connectivity index (χ1) is 15.1. The molecule has 0 aliphatic carbocycles. The van der Waals surface area contributed by atoms with Gasteiger partial charge in [0, 0.05) is 17.3 Å². The molecule has 0 unspecified atom stereocenters. The van der Waals surface area contributed by atoms with Gasteiger partial charge in [0.25, 0.3) is 0 Å². The maximum atomic E-state index is 6.56. The average molecular weight is 470 g/mol. The van der Waals surface area contributed by atoms with Crippen molar-refractivity contribution >= 4 is 51.8 Å². The molecule has 5 aromatic rings. The summed E-state index contributed by atoms with van der Waals surface area (Å²) in [5.41, 5.74) is 5.07. The Kier molecular flexibility index (Phi) is 5.25. The van der Waals surface area contributed by atoms with Crippen molar-refractivity contribution in [3.63, 3.8) is 0 Å². The Morgan fingerprint density at radius 2 is 1.94 bits per heavy atom.